The number of benzene rings is 3. The van der Waals surface area contributed by atoms with E-state index in [1.165, 1.54) is 42.5 Å². The van der Waals surface area contributed by atoms with Crippen LogP contribution in [0.4, 0.5) is 8.78 Å². The standard InChI is InChI=1S/C23H16ClF2NO3/c24-20-4-2-18(25)11-17(20)13-30-22-6-3-19(26)10-16(22)12-27-8-7-14-9-15(23(28)29)1-5-21(14)27/h1-11H,12-13H2,(H,28,29). The molecule has 1 N–H and O–H groups in total. The number of fused-ring (bicyclic) bond motifs is 1. The van der Waals surface area contributed by atoms with Gasteiger partial charge >= 0.3 is 5.97 Å². The molecule has 0 radical (unpaired) electrons. The van der Waals surface area contributed by atoms with Crippen molar-refractivity contribution in [3.05, 3.63) is 100 Å². The second-order valence-corrected chi connectivity index (χ2v) is 7.21. The summed E-state index contributed by atoms with van der Waals surface area (Å²) in [5, 5.41) is 10.3. The van der Waals surface area contributed by atoms with Crippen molar-refractivity contribution in [3.8, 4) is 5.75 Å². The van der Waals surface area contributed by atoms with Gasteiger partial charge in [0.1, 0.15) is 24.0 Å². The van der Waals surface area contributed by atoms with Gasteiger partial charge < -0.3 is 14.4 Å². The van der Waals surface area contributed by atoms with Gasteiger partial charge in [0.2, 0.25) is 0 Å². The van der Waals surface area contributed by atoms with E-state index in [0.29, 0.717) is 28.4 Å². The minimum absolute atomic E-state index is 0.0314. The fraction of sp³-hybridized carbons (Fsp3) is 0.0870. The highest BCUT2D eigenvalue weighted by atomic mass is 35.5. The number of aromatic carboxylic acids is 1. The quantitative estimate of drug-likeness (QED) is 0.417. The van der Waals surface area contributed by atoms with E-state index in [9.17, 15) is 13.6 Å². The van der Waals surface area contributed by atoms with Crippen molar-refractivity contribution in [2.75, 3.05) is 0 Å². The first-order chi connectivity index (χ1) is 14.4. The van der Waals surface area contributed by atoms with E-state index in [-0.39, 0.29) is 12.2 Å². The Labute approximate surface area is 175 Å². The van der Waals surface area contributed by atoms with Crippen LogP contribution in [0.1, 0.15) is 21.5 Å². The van der Waals surface area contributed by atoms with Gasteiger partial charge in [-0.2, -0.15) is 0 Å². The van der Waals surface area contributed by atoms with Crippen LogP contribution in [0.25, 0.3) is 10.9 Å². The normalized spacial score (nSPS) is 11.0. The van der Waals surface area contributed by atoms with E-state index in [4.69, 9.17) is 21.4 Å². The van der Waals surface area contributed by atoms with E-state index >= 15 is 0 Å². The monoisotopic (exact) mass is 427 g/mol. The molecule has 3 aromatic carbocycles. The fourth-order valence-electron chi connectivity index (χ4n) is 3.28. The van der Waals surface area contributed by atoms with E-state index in [1.807, 2.05) is 4.57 Å². The van der Waals surface area contributed by atoms with E-state index < -0.39 is 17.6 Å². The Bertz CT molecular complexity index is 1250. The fourth-order valence-corrected chi connectivity index (χ4v) is 3.45. The third-order valence-electron chi connectivity index (χ3n) is 4.77. The summed E-state index contributed by atoms with van der Waals surface area (Å²) in [5.74, 6) is -1.38. The number of carbonyl (C=O) groups is 1. The van der Waals surface area contributed by atoms with E-state index in [2.05, 4.69) is 0 Å². The largest absolute Gasteiger partial charge is 0.488 e. The van der Waals surface area contributed by atoms with Gasteiger partial charge in [0.05, 0.1) is 12.1 Å². The Hall–Kier alpha value is -3.38. The second kappa shape index (κ2) is 8.16. The van der Waals surface area contributed by atoms with Gasteiger partial charge in [0.15, 0.2) is 0 Å². The first kappa shape index (κ1) is 19.9. The molecule has 0 fully saturated rings. The molecule has 1 aromatic heterocycles. The molecule has 0 unspecified atom stereocenters. The lowest BCUT2D eigenvalue weighted by molar-refractivity contribution is 0.0697. The summed E-state index contributed by atoms with van der Waals surface area (Å²) in [7, 11) is 0. The average Bonchev–Trinajstić information content (AvgIpc) is 3.12. The number of carboxylic acids is 1. The van der Waals surface area contributed by atoms with Crippen LogP contribution in [0, 0.1) is 11.6 Å². The van der Waals surface area contributed by atoms with Crippen molar-refractivity contribution >= 4 is 28.5 Å². The molecule has 0 amide bonds. The molecule has 0 aliphatic carbocycles. The summed E-state index contributed by atoms with van der Waals surface area (Å²) in [6.07, 6.45) is 1.80. The van der Waals surface area contributed by atoms with E-state index in [0.717, 1.165) is 10.9 Å². The minimum atomic E-state index is -0.999. The summed E-state index contributed by atoms with van der Waals surface area (Å²) in [4.78, 5) is 11.2. The molecule has 0 saturated heterocycles. The molecule has 0 bridgehead atoms. The molecule has 1 heterocycles. The molecule has 4 rings (SSSR count). The molecule has 0 aliphatic heterocycles. The van der Waals surface area contributed by atoms with Crippen LogP contribution in [0.15, 0.2) is 66.9 Å². The smallest absolute Gasteiger partial charge is 0.335 e. The maximum absolute atomic E-state index is 13.9. The van der Waals surface area contributed by atoms with Gasteiger partial charge in [-0.3, -0.25) is 0 Å². The lowest BCUT2D eigenvalue weighted by Gasteiger charge is -2.14. The number of carboxylic acid groups (broad SMARTS) is 1. The Morgan fingerprint density at radius 2 is 1.70 bits per heavy atom. The van der Waals surface area contributed by atoms with Crippen LogP contribution in [0.5, 0.6) is 5.75 Å². The Kier molecular flexibility index (Phi) is 5.42. The van der Waals surface area contributed by atoms with Crippen molar-refractivity contribution in [2.45, 2.75) is 13.2 Å². The predicted molar refractivity (Wildman–Crippen MR) is 110 cm³/mol. The molecule has 0 saturated carbocycles. The zero-order valence-electron chi connectivity index (χ0n) is 15.6. The number of hydrogen-bond acceptors (Lipinski definition) is 2. The van der Waals surface area contributed by atoms with Crippen LogP contribution in [-0.4, -0.2) is 15.6 Å². The average molecular weight is 428 g/mol. The highest BCUT2D eigenvalue weighted by Crippen LogP contribution is 2.26. The van der Waals surface area contributed by atoms with Crippen molar-refractivity contribution in [1.29, 1.82) is 0 Å². The van der Waals surface area contributed by atoms with Crippen molar-refractivity contribution < 1.29 is 23.4 Å². The maximum Gasteiger partial charge on any atom is 0.335 e. The van der Waals surface area contributed by atoms with Gasteiger partial charge in [0, 0.05) is 33.2 Å². The van der Waals surface area contributed by atoms with E-state index in [1.54, 1.807) is 24.4 Å². The predicted octanol–water partition coefficient (Wildman–Crippen LogP) is 5.90. The molecule has 4 aromatic rings. The molecule has 7 heteroatoms. The number of rotatable bonds is 6. The Balaban J connectivity index is 1.62. The number of nitrogens with zero attached hydrogens (tertiary/aromatic N) is 1. The first-order valence-corrected chi connectivity index (χ1v) is 9.46. The molecule has 30 heavy (non-hydrogen) atoms. The van der Waals surface area contributed by atoms with Crippen LogP contribution >= 0.6 is 11.6 Å². The lowest BCUT2D eigenvalue weighted by atomic mass is 10.1. The van der Waals surface area contributed by atoms with Crippen molar-refractivity contribution in [2.24, 2.45) is 0 Å². The number of ether oxygens (including phenoxy) is 1. The first-order valence-electron chi connectivity index (χ1n) is 9.08. The number of halogens is 3. The summed E-state index contributed by atoms with van der Waals surface area (Å²) in [6.45, 7) is 0.337. The third-order valence-corrected chi connectivity index (χ3v) is 5.14. The van der Waals surface area contributed by atoms with Crippen LogP contribution < -0.4 is 4.74 Å². The van der Waals surface area contributed by atoms with Gasteiger partial charge in [-0.25, -0.2) is 13.6 Å². The van der Waals surface area contributed by atoms with Crippen LogP contribution in [0.3, 0.4) is 0 Å². The molecular formula is C23H16ClF2NO3. The Morgan fingerprint density at radius 3 is 2.47 bits per heavy atom. The number of hydrogen-bond donors (Lipinski definition) is 1. The third kappa shape index (κ3) is 4.14. The molecule has 0 atom stereocenters. The topological polar surface area (TPSA) is 51.5 Å². The Morgan fingerprint density at radius 1 is 0.967 bits per heavy atom. The summed E-state index contributed by atoms with van der Waals surface area (Å²) in [5.41, 5.74) is 2.08. The van der Waals surface area contributed by atoms with Crippen LogP contribution in [0.2, 0.25) is 5.02 Å². The van der Waals surface area contributed by atoms with Crippen molar-refractivity contribution in [1.82, 2.24) is 4.57 Å². The minimum Gasteiger partial charge on any atom is -0.488 e. The zero-order valence-corrected chi connectivity index (χ0v) is 16.4. The zero-order chi connectivity index (χ0) is 21.3. The highest BCUT2D eigenvalue weighted by molar-refractivity contribution is 6.31. The summed E-state index contributed by atoms with van der Waals surface area (Å²) < 4.78 is 35.1. The summed E-state index contributed by atoms with van der Waals surface area (Å²) in [6, 6.07) is 14.8. The molecule has 0 spiro atoms. The van der Waals surface area contributed by atoms with Gasteiger partial charge in [0.25, 0.3) is 0 Å². The van der Waals surface area contributed by atoms with Crippen molar-refractivity contribution in [3.63, 3.8) is 0 Å². The van der Waals surface area contributed by atoms with Gasteiger partial charge in [-0.1, -0.05) is 11.6 Å². The van der Waals surface area contributed by atoms with Gasteiger partial charge in [-0.05, 0) is 60.7 Å². The lowest BCUT2D eigenvalue weighted by Crippen LogP contribution is -2.04. The molecule has 152 valence electrons. The highest BCUT2D eigenvalue weighted by Gasteiger charge is 2.12. The van der Waals surface area contributed by atoms with Gasteiger partial charge in [-0.15, -0.1) is 0 Å². The van der Waals surface area contributed by atoms with Crippen LogP contribution in [-0.2, 0) is 13.2 Å². The maximum atomic E-state index is 13.9. The second-order valence-electron chi connectivity index (χ2n) is 6.80. The SMILES string of the molecule is O=C(O)c1ccc2c(ccn2Cc2cc(F)ccc2OCc2cc(F)ccc2Cl)c1. The summed E-state index contributed by atoms with van der Waals surface area (Å²) >= 11 is 6.09. The number of aromatic nitrogens is 1. The molecule has 0 aliphatic rings. The molecular weight excluding hydrogens is 412 g/mol. The molecule has 4 nitrogen and oxygen atoms in total.